The summed E-state index contributed by atoms with van der Waals surface area (Å²) in [5, 5.41) is 14.7. The molecule has 0 aliphatic heterocycles. The minimum absolute atomic E-state index is 0.254. The number of aryl methyl sites for hydroxylation is 2. The average molecular weight is 205 g/mol. The molecule has 0 amide bonds. The average Bonchev–Trinajstić information content (AvgIpc) is 2.10. The third-order valence-electron chi connectivity index (χ3n) is 2.09. The lowest BCUT2D eigenvalue weighted by Gasteiger charge is -2.22. The summed E-state index contributed by atoms with van der Waals surface area (Å²) in [5.74, 6) is -0.507. The predicted molar refractivity (Wildman–Crippen MR) is 62.2 cm³/mol. The molecule has 0 spiro atoms. The van der Waals surface area contributed by atoms with E-state index in [2.05, 4.69) is 0 Å². The molecule has 0 aliphatic carbocycles. The predicted octanol–water partition coefficient (Wildman–Crippen LogP) is 0.897. The largest absolute Gasteiger partial charge is 0.369 e. The van der Waals surface area contributed by atoms with Crippen LogP contribution in [0.1, 0.15) is 11.1 Å². The Morgan fingerprint density at radius 1 is 1.13 bits per heavy atom. The van der Waals surface area contributed by atoms with Gasteiger partial charge in [-0.05, 0) is 31.0 Å². The van der Waals surface area contributed by atoms with Crippen molar-refractivity contribution in [1.82, 2.24) is 0 Å². The van der Waals surface area contributed by atoms with E-state index in [1.807, 2.05) is 32.0 Å². The minimum atomic E-state index is -0.254. The van der Waals surface area contributed by atoms with Gasteiger partial charge in [0.25, 0.3) is 0 Å². The standard InChI is InChI=1S/C10H15N5/c1-6-3-4-7(2)8(5-6)15(9(11)12)10(13)14/h3-5H,1-2H3,(H3,11,12)(H3,13,14). The molecule has 1 rings (SSSR count). The maximum absolute atomic E-state index is 7.37. The van der Waals surface area contributed by atoms with Gasteiger partial charge in [-0.15, -0.1) is 0 Å². The number of hydrogen-bond donors (Lipinski definition) is 4. The fourth-order valence-electron chi connectivity index (χ4n) is 1.35. The van der Waals surface area contributed by atoms with Crippen molar-refractivity contribution < 1.29 is 0 Å². The lowest BCUT2D eigenvalue weighted by molar-refractivity contribution is 1.21. The first-order valence-electron chi connectivity index (χ1n) is 4.49. The van der Waals surface area contributed by atoms with E-state index in [9.17, 15) is 0 Å². The number of nitrogens with zero attached hydrogens (tertiary/aromatic N) is 1. The molecule has 0 unspecified atom stereocenters. The van der Waals surface area contributed by atoms with E-state index in [1.165, 1.54) is 4.90 Å². The van der Waals surface area contributed by atoms with Crippen molar-refractivity contribution in [1.29, 1.82) is 10.8 Å². The molecule has 0 aliphatic rings. The van der Waals surface area contributed by atoms with Gasteiger partial charge < -0.3 is 11.5 Å². The SMILES string of the molecule is Cc1ccc(C)c(N(C(=N)N)C(=N)N)c1. The van der Waals surface area contributed by atoms with Crippen LogP contribution in [0.15, 0.2) is 18.2 Å². The van der Waals surface area contributed by atoms with Crippen molar-refractivity contribution >= 4 is 17.6 Å². The zero-order valence-electron chi connectivity index (χ0n) is 8.83. The molecular formula is C10H15N5. The van der Waals surface area contributed by atoms with Crippen LogP contribution in [0.3, 0.4) is 0 Å². The van der Waals surface area contributed by atoms with Crippen molar-refractivity contribution in [2.45, 2.75) is 13.8 Å². The molecule has 0 saturated carbocycles. The smallest absolute Gasteiger partial charge is 0.200 e. The summed E-state index contributed by atoms with van der Waals surface area (Å²) in [6, 6.07) is 5.71. The number of guanidine groups is 2. The Labute approximate surface area is 88.7 Å². The van der Waals surface area contributed by atoms with Gasteiger partial charge in [-0.2, -0.15) is 0 Å². The lowest BCUT2D eigenvalue weighted by Crippen LogP contribution is -2.45. The second-order valence-corrected chi connectivity index (χ2v) is 3.40. The van der Waals surface area contributed by atoms with E-state index in [1.54, 1.807) is 0 Å². The van der Waals surface area contributed by atoms with Gasteiger partial charge in [-0.25, -0.2) is 0 Å². The Kier molecular flexibility index (Phi) is 2.94. The normalized spacial score (nSPS) is 9.73. The number of benzene rings is 1. The maximum Gasteiger partial charge on any atom is 0.200 e. The number of hydrogen-bond acceptors (Lipinski definition) is 2. The van der Waals surface area contributed by atoms with Crippen LogP contribution >= 0.6 is 0 Å². The van der Waals surface area contributed by atoms with Gasteiger partial charge in [0.2, 0.25) is 0 Å². The summed E-state index contributed by atoms with van der Waals surface area (Å²) in [7, 11) is 0. The molecule has 1 aromatic carbocycles. The van der Waals surface area contributed by atoms with Crippen molar-refractivity contribution in [2.24, 2.45) is 11.5 Å². The van der Waals surface area contributed by atoms with Gasteiger partial charge in [0.05, 0.1) is 5.69 Å². The Hall–Kier alpha value is -2.04. The molecule has 0 aromatic heterocycles. The highest BCUT2D eigenvalue weighted by atomic mass is 15.3. The third kappa shape index (κ3) is 2.25. The topological polar surface area (TPSA) is 103 Å². The first-order chi connectivity index (χ1) is 6.93. The second kappa shape index (κ2) is 4.00. The quantitative estimate of drug-likeness (QED) is 0.404. The minimum Gasteiger partial charge on any atom is -0.369 e. The number of anilines is 1. The molecule has 0 saturated heterocycles. The van der Waals surface area contributed by atoms with Crippen LogP contribution in [0.4, 0.5) is 5.69 Å². The van der Waals surface area contributed by atoms with Crippen LogP contribution < -0.4 is 16.4 Å². The molecule has 0 bridgehead atoms. The van der Waals surface area contributed by atoms with Crippen molar-refractivity contribution in [2.75, 3.05) is 4.90 Å². The van der Waals surface area contributed by atoms with Gasteiger partial charge in [0.1, 0.15) is 0 Å². The highest BCUT2D eigenvalue weighted by Gasteiger charge is 2.14. The van der Waals surface area contributed by atoms with E-state index in [0.29, 0.717) is 5.69 Å². The van der Waals surface area contributed by atoms with E-state index < -0.39 is 0 Å². The first kappa shape index (κ1) is 11.0. The maximum atomic E-state index is 7.37. The van der Waals surface area contributed by atoms with Crippen LogP contribution in [0.25, 0.3) is 0 Å². The Morgan fingerprint density at radius 2 is 1.67 bits per heavy atom. The van der Waals surface area contributed by atoms with Crippen LogP contribution in [0.2, 0.25) is 0 Å². The van der Waals surface area contributed by atoms with E-state index in [-0.39, 0.29) is 11.9 Å². The highest BCUT2D eigenvalue weighted by Crippen LogP contribution is 2.20. The van der Waals surface area contributed by atoms with Crippen LogP contribution in [-0.4, -0.2) is 11.9 Å². The van der Waals surface area contributed by atoms with Crippen molar-refractivity contribution in [3.8, 4) is 0 Å². The molecule has 0 radical (unpaired) electrons. The molecule has 15 heavy (non-hydrogen) atoms. The fraction of sp³-hybridized carbons (Fsp3) is 0.200. The van der Waals surface area contributed by atoms with Crippen LogP contribution in [0, 0.1) is 24.7 Å². The first-order valence-corrected chi connectivity index (χ1v) is 4.49. The summed E-state index contributed by atoms with van der Waals surface area (Å²) in [6.45, 7) is 3.81. The van der Waals surface area contributed by atoms with Crippen LogP contribution in [-0.2, 0) is 0 Å². The zero-order chi connectivity index (χ0) is 11.6. The summed E-state index contributed by atoms with van der Waals surface area (Å²) in [6.07, 6.45) is 0. The highest BCUT2D eigenvalue weighted by molar-refractivity contribution is 6.14. The summed E-state index contributed by atoms with van der Waals surface area (Å²) < 4.78 is 0. The molecule has 80 valence electrons. The molecule has 0 heterocycles. The Balaban J connectivity index is 3.28. The van der Waals surface area contributed by atoms with Crippen LogP contribution in [0.5, 0.6) is 0 Å². The van der Waals surface area contributed by atoms with E-state index >= 15 is 0 Å². The molecule has 6 N–H and O–H groups in total. The van der Waals surface area contributed by atoms with Gasteiger partial charge in [0, 0.05) is 0 Å². The van der Waals surface area contributed by atoms with Crippen molar-refractivity contribution in [3.05, 3.63) is 29.3 Å². The number of rotatable bonds is 1. The van der Waals surface area contributed by atoms with Gasteiger partial charge in [-0.1, -0.05) is 12.1 Å². The Morgan fingerprint density at radius 3 is 2.13 bits per heavy atom. The molecule has 5 nitrogen and oxygen atoms in total. The summed E-state index contributed by atoms with van der Waals surface area (Å²) in [5.41, 5.74) is 13.4. The van der Waals surface area contributed by atoms with E-state index in [0.717, 1.165) is 11.1 Å². The number of nitrogens with two attached hydrogens (primary N) is 2. The number of nitrogens with one attached hydrogen (secondary N) is 2. The van der Waals surface area contributed by atoms with Gasteiger partial charge >= 0.3 is 0 Å². The molecule has 5 heteroatoms. The molecule has 0 fully saturated rings. The van der Waals surface area contributed by atoms with Gasteiger partial charge in [-0.3, -0.25) is 15.7 Å². The molecule has 1 aromatic rings. The monoisotopic (exact) mass is 205 g/mol. The van der Waals surface area contributed by atoms with E-state index in [4.69, 9.17) is 22.3 Å². The Bertz CT molecular complexity index is 396. The molecular weight excluding hydrogens is 190 g/mol. The third-order valence-corrected chi connectivity index (χ3v) is 2.09. The van der Waals surface area contributed by atoms with Crippen molar-refractivity contribution in [3.63, 3.8) is 0 Å². The summed E-state index contributed by atoms with van der Waals surface area (Å²) in [4.78, 5) is 1.20. The zero-order valence-corrected chi connectivity index (χ0v) is 8.83. The fourth-order valence-corrected chi connectivity index (χ4v) is 1.35. The lowest BCUT2D eigenvalue weighted by atomic mass is 10.1. The second-order valence-electron chi connectivity index (χ2n) is 3.40. The summed E-state index contributed by atoms with van der Waals surface area (Å²) >= 11 is 0. The molecule has 0 atom stereocenters. The van der Waals surface area contributed by atoms with Gasteiger partial charge in [0.15, 0.2) is 11.9 Å².